The van der Waals surface area contributed by atoms with Gasteiger partial charge in [-0.2, -0.15) is 0 Å². The molecule has 0 unspecified atom stereocenters. The average Bonchev–Trinajstić information content (AvgIpc) is 2.92. The third-order valence-corrected chi connectivity index (χ3v) is 6.08. The molecule has 0 fully saturated rings. The summed E-state index contributed by atoms with van der Waals surface area (Å²) in [5, 5.41) is 1.55. The molecule has 0 bridgehead atoms. The topological polar surface area (TPSA) is 82.5 Å². The van der Waals surface area contributed by atoms with Gasteiger partial charge in [-0.15, -0.1) is 0 Å². The summed E-state index contributed by atoms with van der Waals surface area (Å²) >= 11 is 0. The van der Waals surface area contributed by atoms with Crippen LogP contribution in [-0.4, -0.2) is 12.1 Å². The zero-order valence-electron chi connectivity index (χ0n) is 19.2. The molecule has 0 aliphatic rings. The maximum absolute atomic E-state index is 13.0. The Kier molecular flexibility index (Phi) is 5.19. The molecule has 0 aliphatic carbocycles. The first-order valence-electron chi connectivity index (χ1n) is 11.3. The van der Waals surface area contributed by atoms with E-state index in [2.05, 4.69) is 0 Å². The van der Waals surface area contributed by atoms with Gasteiger partial charge in [-0.05, 0) is 59.7 Å². The van der Waals surface area contributed by atoms with Crippen molar-refractivity contribution in [1.29, 1.82) is 0 Å². The van der Waals surface area contributed by atoms with Gasteiger partial charge in [0.15, 0.2) is 0 Å². The summed E-state index contributed by atoms with van der Waals surface area (Å²) in [6.45, 7) is 0. The van der Waals surface area contributed by atoms with E-state index in [1.165, 1.54) is 0 Å². The van der Waals surface area contributed by atoms with E-state index in [-0.39, 0.29) is 0 Å². The van der Waals surface area contributed by atoms with Crippen LogP contribution in [0.3, 0.4) is 0 Å². The zero-order chi connectivity index (χ0) is 24.6. The molecule has 0 saturated heterocycles. The van der Waals surface area contributed by atoms with Crippen LogP contribution in [0.25, 0.3) is 55.6 Å². The number of rotatable bonds is 4. The first-order valence-corrected chi connectivity index (χ1v) is 11.3. The molecule has 0 saturated carbocycles. The van der Waals surface area contributed by atoms with Gasteiger partial charge in [-0.3, -0.25) is 0 Å². The molecule has 6 nitrogen and oxygen atoms in total. The molecular formula is C30H19NO5. The van der Waals surface area contributed by atoms with Crippen molar-refractivity contribution in [3.05, 3.63) is 118 Å². The largest absolute Gasteiger partial charge is 0.497 e. The first-order chi connectivity index (χ1) is 17.6. The summed E-state index contributed by atoms with van der Waals surface area (Å²) in [6.07, 6.45) is 0. The van der Waals surface area contributed by atoms with Crippen LogP contribution in [0.4, 0.5) is 0 Å². The molecule has 6 aromatic rings. The second-order valence-corrected chi connectivity index (χ2v) is 8.33. The summed E-state index contributed by atoms with van der Waals surface area (Å²) < 4.78 is 16.4. The molecule has 6 rings (SSSR count). The van der Waals surface area contributed by atoms with Gasteiger partial charge in [0, 0.05) is 10.8 Å². The molecule has 0 amide bonds. The second-order valence-electron chi connectivity index (χ2n) is 8.33. The predicted molar refractivity (Wildman–Crippen MR) is 139 cm³/mol. The smallest absolute Gasteiger partial charge is 0.345 e. The Hall–Kier alpha value is -4.97. The normalized spacial score (nSPS) is 11.1. The summed E-state index contributed by atoms with van der Waals surface area (Å²) in [6, 6.07) is 29.3. The van der Waals surface area contributed by atoms with Crippen molar-refractivity contribution in [3.8, 4) is 39.4 Å². The van der Waals surface area contributed by atoms with Crippen molar-refractivity contribution >= 4 is 21.9 Å². The number of para-hydroxylation sites is 2. The predicted octanol–water partition coefficient (Wildman–Crippen LogP) is 6.30. The minimum atomic E-state index is -0.510. The first kappa shape index (κ1) is 21.6. The van der Waals surface area contributed by atoms with Crippen LogP contribution in [0.1, 0.15) is 0 Å². The quantitative estimate of drug-likeness (QED) is 0.279. The fourth-order valence-electron chi connectivity index (χ4n) is 4.24. The lowest BCUT2D eigenvalue weighted by Crippen LogP contribution is -2.07. The van der Waals surface area contributed by atoms with Gasteiger partial charge in [0.2, 0.25) is 0 Å². The number of hydrogen-bond acceptors (Lipinski definition) is 6. The molecule has 0 N–H and O–H groups in total. The van der Waals surface area contributed by atoms with E-state index in [9.17, 15) is 9.59 Å². The minimum Gasteiger partial charge on any atom is -0.497 e. The van der Waals surface area contributed by atoms with Crippen LogP contribution < -0.4 is 16.0 Å². The molecule has 0 radical (unpaired) electrons. The highest BCUT2D eigenvalue weighted by molar-refractivity contribution is 5.85. The molecular weight excluding hydrogens is 454 g/mol. The lowest BCUT2D eigenvalue weighted by molar-refractivity contribution is 0.415. The van der Waals surface area contributed by atoms with Crippen molar-refractivity contribution in [1.82, 2.24) is 4.98 Å². The Morgan fingerprint density at radius 1 is 0.611 bits per heavy atom. The Morgan fingerprint density at radius 2 is 1.11 bits per heavy atom. The molecule has 0 atom stereocenters. The van der Waals surface area contributed by atoms with Gasteiger partial charge in [-0.25, -0.2) is 14.6 Å². The molecule has 36 heavy (non-hydrogen) atoms. The van der Waals surface area contributed by atoms with Crippen LogP contribution in [-0.2, 0) is 0 Å². The van der Waals surface area contributed by atoms with Gasteiger partial charge >= 0.3 is 11.3 Å². The van der Waals surface area contributed by atoms with Gasteiger partial charge in [0.1, 0.15) is 16.9 Å². The number of nitrogens with zero attached hydrogens (tertiary/aromatic N) is 1. The lowest BCUT2D eigenvalue weighted by Gasteiger charge is -2.10. The van der Waals surface area contributed by atoms with Crippen LogP contribution in [0.15, 0.2) is 115 Å². The molecule has 6 heteroatoms. The summed E-state index contributed by atoms with van der Waals surface area (Å²) in [7, 11) is 1.61. The van der Waals surface area contributed by atoms with E-state index >= 15 is 0 Å². The minimum absolute atomic E-state index is 0.301. The number of benzene rings is 3. The number of ether oxygens (including phenoxy) is 1. The SMILES string of the molecule is COc1ccc(-c2cc(-c3cc4ccccc4oc3=O)nc(-c3cc4ccccc4oc3=O)c2)cc1. The molecule has 3 aromatic heterocycles. The van der Waals surface area contributed by atoms with E-state index in [1.54, 1.807) is 31.4 Å². The lowest BCUT2D eigenvalue weighted by atomic mass is 10.00. The van der Waals surface area contributed by atoms with E-state index in [1.807, 2.05) is 72.8 Å². The Balaban J connectivity index is 1.61. The maximum atomic E-state index is 13.0. The Bertz CT molecular complexity index is 1750. The van der Waals surface area contributed by atoms with Gasteiger partial charge in [0.25, 0.3) is 0 Å². The standard InChI is InChI=1S/C30H19NO5/c1-34-22-12-10-18(11-13-22)21-16-25(23-14-19-6-2-4-8-27(19)35-29(23)32)31-26(17-21)24-15-20-7-3-5-9-28(20)36-30(24)33/h2-17H,1H3. The average molecular weight is 473 g/mol. The van der Waals surface area contributed by atoms with Crippen molar-refractivity contribution in [2.45, 2.75) is 0 Å². The van der Waals surface area contributed by atoms with Gasteiger partial charge in [-0.1, -0.05) is 48.5 Å². The highest BCUT2D eigenvalue weighted by atomic mass is 16.5. The maximum Gasteiger partial charge on any atom is 0.345 e. The molecule has 3 aromatic carbocycles. The zero-order valence-corrected chi connectivity index (χ0v) is 19.2. The van der Waals surface area contributed by atoms with Gasteiger partial charge in [0.05, 0.1) is 29.6 Å². The number of hydrogen-bond donors (Lipinski definition) is 0. The number of methoxy groups -OCH3 is 1. The molecule has 174 valence electrons. The third kappa shape index (κ3) is 3.84. The fourth-order valence-corrected chi connectivity index (χ4v) is 4.24. The Morgan fingerprint density at radius 3 is 1.61 bits per heavy atom. The second kappa shape index (κ2) is 8.67. The van der Waals surface area contributed by atoms with E-state index in [0.29, 0.717) is 33.7 Å². The van der Waals surface area contributed by atoms with Crippen LogP contribution in [0.5, 0.6) is 5.75 Å². The summed E-state index contributed by atoms with van der Waals surface area (Å²) in [4.78, 5) is 30.6. The highest BCUT2D eigenvalue weighted by Crippen LogP contribution is 2.31. The monoisotopic (exact) mass is 473 g/mol. The van der Waals surface area contributed by atoms with Crippen molar-refractivity contribution < 1.29 is 13.6 Å². The molecule has 3 heterocycles. The van der Waals surface area contributed by atoms with Crippen molar-refractivity contribution in [2.75, 3.05) is 7.11 Å². The van der Waals surface area contributed by atoms with Crippen LogP contribution in [0.2, 0.25) is 0 Å². The van der Waals surface area contributed by atoms with Gasteiger partial charge < -0.3 is 13.6 Å². The third-order valence-electron chi connectivity index (χ3n) is 6.08. The fraction of sp³-hybridized carbons (Fsp3) is 0.0333. The Labute approximate surface area is 205 Å². The van der Waals surface area contributed by atoms with E-state index < -0.39 is 11.3 Å². The number of pyridine rings is 1. The van der Waals surface area contributed by atoms with Crippen molar-refractivity contribution in [2.24, 2.45) is 0 Å². The highest BCUT2D eigenvalue weighted by Gasteiger charge is 2.16. The molecule has 0 spiro atoms. The van der Waals surface area contributed by atoms with Crippen molar-refractivity contribution in [3.63, 3.8) is 0 Å². The number of fused-ring (bicyclic) bond motifs is 2. The summed E-state index contributed by atoms with van der Waals surface area (Å²) in [5.74, 6) is 0.721. The molecule has 0 aliphatic heterocycles. The summed E-state index contributed by atoms with van der Waals surface area (Å²) in [5.41, 5.74) is 3.01. The van der Waals surface area contributed by atoms with E-state index in [4.69, 9.17) is 18.6 Å². The van der Waals surface area contributed by atoms with Crippen LogP contribution >= 0.6 is 0 Å². The van der Waals surface area contributed by atoms with Crippen LogP contribution in [0, 0.1) is 0 Å². The van der Waals surface area contributed by atoms with E-state index in [0.717, 1.165) is 27.6 Å². The number of aromatic nitrogens is 1.